The molecule has 2 aromatic carbocycles. The minimum absolute atomic E-state index is 0.00785. The zero-order valence-electron chi connectivity index (χ0n) is 20.4. The maximum atomic E-state index is 13.5. The van der Waals surface area contributed by atoms with E-state index in [2.05, 4.69) is 20.6 Å². The van der Waals surface area contributed by atoms with Crippen molar-refractivity contribution >= 4 is 23.1 Å². The van der Waals surface area contributed by atoms with Gasteiger partial charge < -0.3 is 10.1 Å². The number of hydrogen-bond donors (Lipinski definition) is 3. The van der Waals surface area contributed by atoms with Gasteiger partial charge in [-0.25, -0.2) is 18.4 Å². The number of benzene rings is 2. The summed E-state index contributed by atoms with van der Waals surface area (Å²) in [6.07, 6.45) is 4.78. The summed E-state index contributed by atoms with van der Waals surface area (Å²) in [7, 11) is 0. The van der Waals surface area contributed by atoms with Crippen LogP contribution in [0.2, 0.25) is 0 Å². The number of carbonyl (C=O) groups excluding carboxylic acids is 1. The van der Waals surface area contributed by atoms with Crippen LogP contribution in [0, 0.1) is 24.5 Å². The first-order valence-electron chi connectivity index (χ1n) is 12.1. The van der Waals surface area contributed by atoms with Crippen LogP contribution in [0.25, 0.3) is 0 Å². The Kier molecular flexibility index (Phi) is 8.91. The van der Waals surface area contributed by atoms with Gasteiger partial charge in [-0.1, -0.05) is 5.16 Å². The number of ether oxygens (including phenoxy) is 1. The minimum Gasteiger partial charge on any atom is -0.372 e. The van der Waals surface area contributed by atoms with E-state index in [0.717, 1.165) is 32.1 Å². The van der Waals surface area contributed by atoms with Crippen LogP contribution in [0.15, 0.2) is 52.1 Å². The Morgan fingerprint density at radius 3 is 2.59 bits per heavy atom. The molecule has 1 amide bonds. The highest BCUT2D eigenvalue weighted by atomic mass is 19.1. The number of halogens is 2. The topological polar surface area (TPSA) is 122 Å². The molecule has 0 aliphatic heterocycles. The Bertz CT molecular complexity index is 1220. The van der Waals surface area contributed by atoms with Gasteiger partial charge in [0.2, 0.25) is 5.91 Å². The molecule has 1 aromatic heterocycles. The molecular formula is C26H29F2N5O4. The molecule has 1 fully saturated rings. The van der Waals surface area contributed by atoms with Crippen LogP contribution in [0.3, 0.4) is 0 Å². The summed E-state index contributed by atoms with van der Waals surface area (Å²) < 4.78 is 37.4. The van der Waals surface area contributed by atoms with Crippen molar-refractivity contribution in [3.05, 3.63) is 71.1 Å². The number of amides is 1. The van der Waals surface area contributed by atoms with Gasteiger partial charge in [-0.3, -0.25) is 15.5 Å². The van der Waals surface area contributed by atoms with Crippen LogP contribution in [0.5, 0.6) is 0 Å². The van der Waals surface area contributed by atoms with Gasteiger partial charge >= 0.3 is 0 Å². The van der Waals surface area contributed by atoms with Crippen LogP contribution < -0.4 is 10.8 Å². The van der Waals surface area contributed by atoms with E-state index in [-0.39, 0.29) is 41.8 Å². The van der Waals surface area contributed by atoms with Crippen molar-refractivity contribution in [3.8, 4) is 0 Å². The molecule has 11 heteroatoms. The van der Waals surface area contributed by atoms with Crippen molar-refractivity contribution in [1.29, 1.82) is 0 Å². The number of nitrogens with one attached hydrogen (secondary N) is 2. The number of nitrogens with zero attached hydrogens (tertiary/aromatic N) is 3. The fourth-order valence-corrected chi connectivity index (χ4v) is 4.32. The monoisotopic (exact) mass is 513 g/mol. The van der Waals surface area contributed by atoms with Gasteiger partial charge in [0, 0.05) is 12.1 Å². The van der Waals surface area contributed by atoms with E-state index < -0.39 is 0 Å². The van der Waals surface area contributed by atoms with Crippen LogP contribution in [-0.4, -0.2) is 33.4 Å². The van der Waals surface area contributed by atoms with Crippen LogP contribution >= 0.6 is 0 Å². The molecule has 0 bridgehead atoms. The summed E-state index contributed by atoms with van der Waals surface area (Å²) >= 11 is 0. The highest BCUT2D eigenvalue weighted by Gasteiger charge is 2.24. The Hall–Kier alpha value is -3.70. The summed E-state index contributed by atoms with van der Waals surface area (Å²) in [6, 6.07) is 10.0. The Morgan fingerprint density at radius 2 is 1.89 bits per heavy atom. The van der Waals surface area contributed by atoms with E-state index in [0.29, 0.717) is 35.0 Å². The summed E-state index contributed by atoms with van der Waals surface area (Å²) in [5, 5.41) is 20.1. The number of aromatic nitrogens is 2. The second kappa shape index (κ2) is 12.5. The molecule has 0 spiro atoms. The zero-order valence-corrected chi connectivity index (χ0v) is 20.4. The molecule has 0 atom stereocenters. The van der Waals surface area contributed by atoms with Crippen molar-refractivity contribution in [2.45, 2.75) is 58.2 Å². The third-order valence-electron chi connectivity index (χ3n) is 6.43. The van der Waals surface area contributed by atoms with Gasteiger partial charge in [-0.05, 0) is 98.1 Å². The van der Waals surface area contributed by atoms with Crippen molar-refractivity contribution < 1.29 is 28.1 Å². The molecule has 1 aliphatic carbocycles. The third-order valence-corrected chi connectivity index (χ3v) is 6.43. The highest BCUT2D eigenvalue weighted by molar-refractivity contribution is 5.98. The molecule has 37 heavy (non-hydrogen) atoms. The number of aliphatic imine (C=N–C) groups is 1. The molecular weight excluding hydrogens is 484 g/mol. The minimum atomic E-state index is -0.349. The zero-order chi connectivity index (χ0) is 26.2. The van der Waals surface area contributed by atoms with Crippen molar-refractivity contribution in [3.63, 3.8) is 0 Å². The first-order valence-corrected chi connectivity index (χ1v) is 12.1. The maximum Gasteiger partial charge on any atom is 0.224 e. The lowest BCUT2D eigenvalue weighted by molar-refractivity contribution is -0.116. The Labute approximate surface area is 212 Å². The highest BCUT2D eigenvalue weighted by Crippen LogP contribution is 2.30. The first-order chi connectivity index (χ1) is 17.9. The number of amidine groups is 1. The summed E-state index contributed by atoms with van der Waals surface area (Å²) in [5.74, 6) is -0.334. The second-order valence-electron chi connectivity index (χ2n) is 9.11. The van der Waals surface area contributed by atoms with Gasteiger partial charge in [0.05, 0.1) is 18.4 Å². The molecule has 0 unspecified atom stereocenters. The van der Waals surface area contributed by atoms with E-state index in [1.54, 1.807) is 25.1 Å². The number of anilines is 1. The van der Waals surface area contributed by atoms with Gasteiger partial charge in [-0.2, -0.15) is 0 Å². The molecule has 4 rings (SSSR count). The first kappa shape index (κ1) is 26.4. The second-order valence-corrected chi connectivity index (χ2v) is 9.11. The average molecular weight is 514 g/mol. The predicted octanol–water partition coefficient (Wildman–Crippen LogP) is 5.21. The fraction of sp³-hybridized carbons (Fsp3) is 0.385. The lowest BCUT2D eigenvalue weighted by Gasteiger charge is -2.28. The van der Waals surface area contributed by atoms with Crippen molar-refractivity contribution in [1.82, 2.24) is 15.8 Å². The standard InChI is InChI=1S/C26H29F2N5O4/c1-16-14-20(9-12-22(16)28)30-26(31-35)25-23(32-37-33-25)15-36-21-10-2-17(3-11-21)4-13-24(34)29-19-7-5-18(27)6-8-19/h5-9,12,14,17,21,35H,2-4,10-11,13,15H2,1H3,(H,29,34)(H,30,31). The van der Waals surface area contributed by atoms with Crippen molar-refractivity contribution in [2.75, 3.05) is 5.32 Å². The number of hydrogen-bond acceptors (Lipinski definition) is 7. The quantitative estimate of drug-likeness (QED) is 0.204. The lowest BCUT2D eigenvalue weighted by Crippen LogP contribution is -2.24. The van der Waals surface area contributed by atoms with E-state index in [4.69, 9.17) is 9.37 Å². The molecule has 0 radical (unpaired) electrons. The molecule has 1 saturated carbocycles. The maximum absolute atomic E-state index is 13.5. The van der Waals surface area contributed by atoms with E-state index in [9.17, 15) is 18.8 Å². The summed E-state index contributed by atoms with van der Waals surface area (Å²) in [5.41, 5.74) is 4.01. The summed E-state index contributed by atoms with van der Waals surface area (Å²) in [6.45, 7) is 1.74. The van der Waals surface area contributed by atoms with Crippen LogP contribution in [-0.2, 0) is 16.1 Å². The molecule has 1 heterocycles. The SMILES string of the molecule is Cc1cc(N=C(NO)c2nonc2COC2CCC(CCC(=O)Nc3ccc(F)cc3)CC2)ccc1F. The number of aryl methyl sites for hydroxylation is 1. The van der Waals surface area contributed by atoms with E-state index >= 15 is 0 Å². The van der Waals surface area contributed by atoms with Crippen LogP contribution in [0.1, 0.15) is 55.5 Å². The fourth-order valence-electron chi connectivity index (χ4n) is 4.32. The molecule has 196 valence electrons. The molecule has 0 saturated heterocycles. The van der Waals surface area contributed by atoms with Gasteiger partial charge in [0.1, 0.15) is 17.3 Å². The number of hydroxylamine groups is 1. The number of rotatable bonds is 9. The van der Waals surface area contributed by atoms with Gasteiger partial charge in [0.15, 0.2) is 11.5 Å². The lowest BCUT2D eigenvalue weighted by atomic mass is 9.84. The summed E-state index contributed by atoms with van der Waals surface area (Å²) in [4.78, 5) is 16.5. The van der Waals surface area contributed by atoms with E-state index in [1.165, 1.54) is 24.3 Å². The predicted molar refractivity (Wildman–Crippen MR) is 131 cm³/mol. The van der Waals surface area contributed by atoms with Crippen molar-refractivity contribution in [2.24, 2.45) is 10.9 Å². The Balaban J connectivity index is 1.23. The largest absolute Gasteiger partial charge is 0.372 e. The number of carbonyl (C=O) groups is 1. The molecule has 9 nitrogen and oxygen atoms in total. The van der Waals surface area contributed by atoms with Gasteiger partial charge in [0.25, 0.3) is 0 Å². The van der Waals surface area contributed by atoms with Gasteiger partial charge in [-0.15, -0.1) is 0 Å². The third kappa shape index (κ3) is 7.40. The normalized spacial score (nSPS) is 18.0. The average Bonchev–Trinajstić information content (AvgIpc) is 3.37. The van der Waals surface area contributed by atoms with E-state index in [1.807, 2.05) is 5.48 Å². The molecule has 3 N–H and O–H groups in total. The Morgan fingerprint density at radius 1 is 1.14 bits per heavy atom. The van der Waals surface area contributed by atoms with Crippen LogP contribution in [0.4, 0.5) is 20.2 Å². The molecule has 3 aromatic rings. The molecule has 1 aliphatic rings. The smallest absolute Gasteiger partial charge is 0.224 e.